The molecule has 0 aromatic rings. The molecule has 88 valence electrons. The lowest BCUT2D eigenvalue weighted by molar-refractivity contribution is -0.870. The molecule has 14 heavy (non-hydrogen) atoms. The Kier molecular flexibility index (Phi) is 8.46. The van der Waals surface area contributed by atoms with Gasteiger partial charge in [0.2, 0.25) is 0 Å². The predicted molar refractivity (Wildman–Crippen MR) is 66.4 cm³/mol. The second kappa shape index (κ2) is 7.24. The van der Waals surface area contributed by atoms with Gasteiger partial charge in [0.25, 0.3) is 0 Å². The van der Waals surface area contributed by atoms with E-state index in [-0.39, 0.29) is 0 Å². The Morgan fingerprint density at radius 2 is 0.786 bits per heavy atom. The third-order valence-corrected chi connectivity index (χ3v) is 1.79. The van der Waals surface area contributed by atoms with Crippen LogP contribution in [0.4, 0.5) is 0 Å². The molecule has 0 aliphatic carbocycles. The molecule has 2 nitrogen and oxygen atoms in total. The molecule has 0 saturated heterocycles. The van der Waals surface area contributed by atoms with Crippen LogP contribution >= 0.6 is 0 Å². The van der Waals surface area contributed by atoms with Crippen LogP contribution < -0.4 is 0 Å². The fraction of sp³-hybridized carbons (Fsp3) is 1.00. The van der Waals surface area contributed by atoms with E-state index in [0.717, 1.165) is 8.97 Å². The zero-order chi connectivity index (χ0) is 11.8. The Bertz CT molecular complexity index is 101. The molecule has 2 heteroatoms. The molecule has 0 aliphatic heterocycles. The first-order valence-corrected chi connectivity index (χ1v) is 5.73. The molecule has 0 spiro atoms. The summed E-state index contributed by atoms with van der Waals surface area (Å²) in [7, 11) is 13.3. The third-order valence-electron chi connectivity index (χ3n) is 1.79. The summed E-state index contributed by atoms with van der Waals surface area (Å²) in [4.78, 5) is 0. The van der Waals surface area contributed by atoms with Gasteiger partial charge in [-0.2, -0.15) is 0 Å². The van der Waals surface area contributed by atoms with Crippen molar-refractivity contribution < 1.29 is 8.97 Å². The number of hydrogen-bond acceptors (Lipinski definition) is 0. The molecule has 0 amide bonds. The van der Waals surface area contributed by atoms with Crippen LogP contribution in [0.3, 0.4) is 0 Å². The summed E-state index contributed by atoms with van der Waals surface area (Å²) in [6.45, 7) is 6.98. The van der Waals surface area contributed by atoms with E-state index in [9.17, 15) is 0 Å². The topological polar surface area (TPSA) is 0 Å². The van der Waals surface area contributed by atoms with Crippen LogP contribution in [-0.2, 0) is 0 Å². The van der Waals surface area contributed by atoms with Crippen molar-refractivity contribution in [3.8, 4) is 0 Å². The van der Waals surface area contributed by atoms with Crippen LogP contribution in [0.5, 0.6) is 0 Å². The van der Waals surface area contributed by atoms with E-state index in [1.54, 1.807) is 0 Å². The maximum Gasteiger partial charge on any atom is 0.0777 e. The van der Waals surface area contributed by atoms with Gasteiger partial charge in [-0.3, -0.25) is 0 Å². The van der Waals surface area contributed by atoms with Gasteiger partial charge in [-0.1, -0.05) is 13.8 Å². The van der Waals surface area contributed by atoms with Gasteiger partial charge < -0.3 is 8.97 Å². The molecule has 0 heterocycles. The normalized spacial score (nSPS) is 12.0. The van der Waals surface area contributed by atoms with E-state index in [1.807, 2.05) is 0 Å². The Morgan fingerprint density at radius 1 is 0.571 bits per heavy atom. The SMILES string of the molecule is CCC[N+](C)(C)C.CCC[N+](C)(C)C. The molecule has 0 N–H and O–H groups in total. The highest BCUT2D eigenvalue weighted by Crippen LogP contribution is 1.90. The number of rotatable bonds is 4. The van der Waals surface area contributed by atoms with Crippen molar-refractivity contribution in [1.29, 1.82) is 0 Å². The molecular formula is C12H32N2+2. The molecule has 0 bridgehead atoms. The summed E-state index contributed by atoms with van der Waals surface area (Å²) in [6.07, 6.45) is 2.56. The first-order valence-electron chi connectivity index (χ1n) is 5.73. The third kappa shape index (κ3) is 22.7. The highest BCUT2D eigenvalue weighted by atomic mass is 15.3. The minimum Gasteiger partial charge on any atom is -0.331 e. The van der Waals surface area contributed by atoms with Crippen molar-refractivity contribution in [3.05, 3.63) is 0 Å². The van der Waals surface area contributed by atoms with Gasteiger partial charge in [-0.05, 0) is 12.8 Å². The van der Waals surface area contributed by atoms with Gasteiger partial charge in [-0.25, -0.2) is 0 Å². The molecule has 0 saturated carbocycles. The highest BCUT2D eigenvalue weighted by Gasteiger charge is 2.01. The first-order chi connectivity index (χ1) is 6.12. The largest absolute Gasteiger partial charge is 0.331 e. The van der Waals surface area contributed by atoms with Gasteiger partial charge in [0.1, 0.15) is 0 Å². The average Bonchev–Trinajstić information content (AvgIpc) is 1.81. The van der Waals surface area contributed by atoms with Gasteiger partial charge in [0, 0.05) is 0 Å². The quantitative estimate of drug-likeness (QED) is 0.616. The van der Waals surface area contributed by atoms with Crippen LogP contribution in [0, 0.1) is 0 Å². The van der Waals surface area contributed by atoms with Crippen molar-refractivity contribution in [1.82, 2.24) is 0 Å². The molecule has 0 aliphatic rings. The van der Waals surface area contributed by atoms with Crippen molar-refractivity contribution in [2.24, 2.45) is 0 Å². The fourth-order valence-corrected chi connectivity index (χ4v) is 1.34. The molecule has 0 atom stereocenters. The van der Waals surface area contributed by atoms with Crippen LogP contribution in [0.2, 0.25) is 0 Å². The number of hydrogen-bond donors (Lipinski definition) is 0. The molecule has 0 fully saturated rings. The summed E-state index contributed by atoms with van der Waals surface area (Å²) < 4.78 is 2.19. The summed E-state index contributed by atoms with van der Waals surface area (Å²) >= 11 is 0. The maximum absolute atomic E-state index is 2.21. The summed E-state index contributed by atoms with van der Waals surface area (Å²) in [5.74, 6) is 0. The fourth-order valence-electron chi connectivity index (χ4n) is 1.34. The summed E-state index contributed by atoms with van der Waals surface area (Å²) in [5.41, 5.74) is 0. The van der Waals surface area contributed by atoms with E-state index < -0.39 is 0 Å². The monoisotopic (exact) mass is 204 g/mol. The van der Waals surface area contributed by atoms with Crippen LogP contribution in [0.1, 0.15) is 26.7 Å². The highest BCUT2D eigenvalue weighted by molar-refractivity contribution is 4.21. The predicted octanol–water partition coefficient (Wildman–Crippen LogP) is 2.21. The zero-order valence-electron chi connectivity index (χ0n) is 11.7. The van der Waals surface area contributed by atoms with Crippen molar-refractivity contribution in [2.45, 2.75) is 26.7 Å². The molecular weight excluding hydrogens is 172 g/mol. The van der Waals surface area contributed by atoms with Crippen molar-refractivity contribution in [3.63, 3.8) is 0 Å². The smallest absolute Gasteiger partial charge is 0.0777 e. The van der Waals surface area contributed by atoms with Crippen molar-refractivity contribution in [2.75, 3.05) is 55.4 Å². The van der Waals surface area contributed by atoms with Crippen LogP contribution in [-0.4, -0.2) is 64.3 Å². The second-order valence-corrected chi connectivity index (χ2v) is 6.03. The van der Waals surface area contributed by atoms with Crippen LogP contribution in [0.15, 0.2) is 0 Å². The summed E-state index contributed by atoms with van der Waals surface area (Å²) in [5, 5.41) is 0. The Balaban J connectivity index is 0. The first kappa shape index (κ1) is 16.4. The van der Waals surface area contributed by atoms with E-state index >= 15 is 0 Å². The lowest BCUT2D eigenvalue weighted by Crippen LogP contribution is -2.34. The Hall–Kier alpha value is -0.0800. The lowest BCUT2D eigenvalue weighted by Gasteiger charge is -2.22. The van der Waals surface area contributed by atoms with E-state index in [1.165, 1.54) is 25.9 Å². The minimum absolute atomic E-state index is 1.09. The molecule has 0 aromatic carbocycles. The van der Waals surface area contributed by atoms with E-state index in [2.05, 4.69) is 56.1 Å². The second-order valence-electron chi connectivity index (χ2n) is 6.03. The van der Waals surface area contributed by atoms with E-state index in [0.29, 0.717) is 0 Å². The van der Waals surface area contributed by atoms with Gasteiger partial charge in [0.15, 0.2) is 0 Å². The van der Waals surface area contributed by atoms with E-state index in [4.69, 9.17) is 0 Å². The van der Waals surface area contributed by atoms with Crippen molar-refractivity contribution >= 4 is 0 Å². The van der Waals surface area contributed by atoms with Crippen LogP contribution in [0.25, 0.3) is 0 Å². The Labute approximate surface area is 91.7 Å². The van der Waals surface area contributed by atoms with Gasteiger partial charge in [-0.15, -0.1) is 0 Å². The molecule has 0 radical (unpaired) electrons. The summed E-state index contributed by atoms with van der Waals surface area (Å²) in [6, 6.07) is 0. The standard InChI is InChI=1S/2C6H16N/c2*1-5-6-7(2,3)4/h2*5-6H2,1-4H3/q2*+1. The average molecular weight is 204 g/mol. The lowest BCUT2D eigenvalue weighted by atomic mass is 10.4. The van der Waals surface area contributed by atoms with Gasteiger partial charge >= 0.3 is 0 Å². The Morgan fingerprint density at radius 3 is 0.786 bits per heavy atom. The maximum atomic E-state index is 2.21. The molecule has 0 unspecified atom stereocenters. The zero-order valence-corrected chi connectivity index (χ0v) is 11.7. The molecule has 0 aromatic heterocycles. The minimum atomic E-state index is 1.09. The number of quaternary nitrogens is 2. The molecule has 0 rings (SSSR count). The number of nitrogens with zero attached hydrogens (tertiary/aromatic N) is 2. The van der Waals surface area contributed by atoms with Gasteiger partial charge in [0.05, 0.1) is 55.4 Å².